The van der Waals surface area contributed by atoms with Crippen molar-refractivity contribution in [1.82, 2.24) is 0 Å². The van der Waals surface area contributed by atoms with Crippen LogP contribution in [0, 0.1) is 22.7 Å². The highest BCUT2D eigenvalue weighted by Gasteiger charge is 2.23. The van der Waals surface area contributed by atoms with Crippen molar-refractivity contribution in [1.29, 1.82) is 10.5 Å². The number of morpholine rings is 2. The van der Waals surface area contributed by atoms with E-state index in [1.807, 2.05) is 52.0 Å². The Kier molecular flexibility index (Phi) is 11.9. The molecule has 48 heavy (non-hydrogen) atoms. The Morgan fingerprint density at radius 3 is 1.23 bits per heavy atom. The van der Waals surface area contributed by atoms with Crippen molar-refractivity contribution in [3.63, 3.8) is 0 Å². The van der Waals surface area contributed by atoms with E-state index in [0.29, 0.717) is 110 Å². The van der Waals surface area contributed by atoms with E-state index >= 15 is 0 Å². The van der Waals surface area contributed by atoms with Gasteiger partial charge in [0.15, 0.2) is 0 Å². The molecule has 0 aromatic heterocycles. The minimum Gasteiger partial charge on any atom is -0.492 e. The molecule has 3 aromatic rings. The average molecular weight is 657 g/mol. The van der Waals surface area contributed by atoms with Crippen LogP contribution >= 0.6 is 0 Å². The van der Waals surface area contributed by atoms with Crippen LogP contribution in [-0.2, 0) is 9.47 Å². The zero-order chi connectivity index (χ0) is 33.9. The highest BCUT2D eigenvalue weighted by atomic mass is 16.5. The van der Waals surface area contributed by atoms with Gasteiger partial charge in [0.1, 0.15) is 35.1 Å². The molecule has 2 fully saturated rings. The third-order valence-corrected chi connectivity index (χ3v) is 7.96. The smallest absolute Gasteiger partial charge is 0.145 e. The molecule has 12 nitrogen and oxygen atoms in total. The Bertz CT molecular complexity index is 1520. The van der Waals surface area contributed by atoms with Crippen LogP contribution in [0.4, 0.5) is 34.1 Å². The molecular weight excluding hydrogens is 612 g/mol. The van der Waals surface area contributed by atoms with E-state index in [9.17, 15) is 10.5 Å². The molecule has 0 radical (unpaired) electrons. The molecule has 0 unspecified atom stereocenters. The molecular formula is C36H44N6O6. The maximum absolute atomic E-state index is 10.3. The number of nitriles is 2. The van der Waals surface area contributed by atoms with E-state index in [4.69, 9.17) is 28.4 Å². The number of benzene rings is 3. The quantitative estimate of drug-likeness (QED) is 0.205. The Morgan fingerprint density at radius 1 is 0.542 bits per heavy atom. The second-order valence-electron chi connectivity index (χ2n) is 11.0. The molecule has 12 heteroatoms. The molecule has 3 aromatic carbocycles. The fraction of sp³-hybridized carbons (Fsp3) is 0.444. The summed E-state index contributed by atoms with van der Waals surface area (Å²) in [5.74, 6) is 2.60. The molecule has 2 aliphatic heterocycles. The molecule has 0 atom stereocenters. The largest absolute Gasteiger partial charge is 0.492 e. The third-order valence-electron chi connectivity index (χ3n) is 7.96. The Balaban J connectivity index is 1.51. The fourth-order valence-electron chi connectivity index (χ4n) is 5.77. The molecule has 0 aliphatic carbocycles. The molecule has 2 heterocycles. The summed E-state index contributed by atoms with van der Waals surface area (Å²) < 4.78 is 35.3. The first-order chi connectivity index (χ1) is 23.5. The number of anilines is 6. The average Bonchev–Trinajstić information content (AvgIpc) is 3.11. The molecule has 0 amide bonds. The summed E-state index contributed by atoms with van der Waals surface area (Å²) in [7, 11) is 0. The van der Waals surface area contributed by atoms with Crippen molar-refractivity contribution >= 4 is 34.1 Å². The Morgan fingerprint density at radius 2 is 0.896 bits per heavy atom. The SMILES string of the molecule is CCOc1cc(N2CCOCC2)c(OCC)cc1Nc1cc(C#N)c(Nc2cc(OCC)c(N3CCOCC3)cc2OCC)cc1C#N. The first kappa shape index (κ1) is 34.3. The topological polar surface area (TPSA) is 134 Å². The first-order valence-electron chi connectivity index (χ1n) is 16.6. The number of nitrogens with one attached hydrogen (secondary N) is 2. The zero-order valence-corrected chi connectivity index (χ0v) is 28.2. The Hall–Kier alpha value is -5.04. The van der Waals surface area contributed by atoms with Gasteiger partial charge < -0.3 is 48.9 Å². The van der Waals surface area contributed by atoms with Gasteiger partial charge in [0.2, 0.25) is 0 Å². The molecule has 0 bridgehead atoms. The van der Waals surface area contributed by atoms with Crippen LogP contribution in [-0.4, -0.2) is 79.0 Å². The van der Waals surface area contributed by atoms with Crippen LogP contribution in [0.5, 0.6) is 23.0 Å². The first-order valence-corrected chi connectivity index (χ1v) is 16.6. The van der Waals surface area contributed by atoms with Crippen molar-refractivity contribution in [2.75, 3.05) is 99.5 Å². The second kappa shape index (κ2) is 16.7. The molecule has 0 spiro atoms. The van der Waals surface area contributed by atoms with Gasteiger partial charge in [-0.2, -0.15) is 10.5 Å². The van der Waals surface area contributed by atoms with E-state index in [-0.39, 0.29) is 0 Å². The van der Waals surface area contributed by atoms with Crippen molar-refractivity contribution in [3.05, 3.63) is 47.5 Å². The van der Waals surface area contributed by atoms with Crippen molar-refractivity contribution in [2.45, 2.75) is 27.7 Å². The van der Waals surface area contributed by atoms with Crippen molar-refractivity contribution in [2.24, 2.45) is 0 Å². The number of hydrogen-bond donors (Lipinski definition) is 2. The van der Waals surface area contributed by atoms with Gasteiger partial charge in [-0.05, 0) is 39.8 Å². The van der Waals surface area contributed by atoms with Crippen LogP contribution in [0.15, 0.2) is 36.4 Å². The van der Waals surface area contributed by atoms with Crippen LogP contribution in [0.1, 0.15) is 38.8 Å². The summed E-state index contributed by atoms with van der Waals surface area (Å²) in [6.45, 7) is 15.1. The summed E-state index contributed by atoms with van der Waals surface area (Å²) in [4.78, 5) is 4.44. The molecule has 5 rings (SSSR count). The van der Waals surface area contributed by atoms with E-state index in [1.54, 1.807) is 12.1 Å². The molecule has 2 saturated heterocycles. The van der Waals surface area contributed by atoms with Crippen LogP contribution in [0.25, 0.3) is 0 Å². The van der Waals surface area contributed by atoms with E-state index in [2.05, 4.69) is 32.6 Å². The predicted octanol–water partition coefficient (Wildman–Crippen LogP) is 6.19. The normalized spacial score (nSPS) is 14.5. The summed E-state index contributed by atoms with van der Waals surface area (Å²) in [6.07, 6.45) is 0. The number of ether oxygens (including phenoxy) is 6. The highest BCUT2D eigenvalue weighted by molar-refractivity contribution is 5.83. The van der Waals surface area contributed by atoms with Crippen molar-refractivity contribution in [3.8, 4) is 35.1 Å². The van der Waals surface area contributed by atoms with Gasteiger partial charge in [0, 0.05) is 50.4 Å². The predicted molar refractivity (Wildman–Crippen MR) is 186 cm³/mol. The fourth-order valence-corrected chi connectivity index (χ4v) is 5.77. The third kappa shape index (κ3) is 7.91. The number of nitrogens with zero attached hydrogens (tertiary/aromatic N) is 4. The zero-order valence-electron chi connectivity index (χ0n) is 28.2. The monoisotopic (exact) mass is 656 g/mol. The molecule has 0 saturated carbocycles. The van der Waals surface area contributed by atoms with Gasteiger partial charge in [0.05, 0.1) is 98.1 Å². The summed E-state index contributed by atoms with van der Waals surface area (Å²) in [5.41, 5.74) is 4.68. The van der Waals surface area contributed by atoms with Crippen molar-refractivity contribution < 1.29 is 28.4 Å². The van der Waals surface area contributed by atoms with Gasteiger partial charge in [-0.1, -0.05) is 0 Å². The minimum atomic E-state index is 0.335. The molecule has 2 aliphatic rings. The van der Waals surface area contributed by atoms with Gasteiger partial charge in [-0.15, -0.1) is 0 Å². The van der Waals surface area contributed by atoms with E-state index < -0.39 is 0 Å². The lowest BCUT2D eigenvalue weighted by molar-refractivity contribution is 0.122. The lowest BCUT2D eigenvalue weighted by Crippen LogP contribution is -2.36. The lowest BCUT2D eigenvalue weighted by Gasteiger charge is -2.31. The van der Waals surface area contributed by atoms with Gasteiger partial charge in [-0.3, -0.25) is 0 Å². The number of hydrogen-bond acceptors (Lipinski definition) is 12. The van der Waals surface area contributed by atoms with Crippen LogP contribution < -0.4 is 39.4 Å². The molecule has 254 valence electrons. The Labute approximate surface area is 282 Å². The maximum atomic E-state index is 10.3. The number of rotatable bonds is 14. The lowest BCUT2D eigenvalue weighted by atomic mass is 10.1. The summed E-state index contributed by atoms with van der Waals surface area (Å²) >= 11 is 0. The van der Waals surface area contributed by atoms with Gasteiger partial charge in [-0.25, -0.2) is 0 Å². The van der Waals surface area contributed by atoms with Gasteiger partial charge >= 0.3 is 0 Å². The summed E-state index contributed by atoms with van der Waals surface area (Å²) in [6, 6.07) is 15.6. The van der Waals surface area contributed by atoms with Crippen LogP contribution in [0.2, 0.25) is 0 Å². The molecule has 2 N–H and O–H groups in total. The van der Waals surface area contributed by atoms with E-state index in [1.165, 1.54) is 0 Å². The highest BCUT2D eigenvalue weighted by Crippen LogP contribution is 2.43. The van der Waals surface area contributed by atoms with Crippen LogP contribution in [0.3, 0.4) is 0 Å². The standard InChI is InChI=1S/C36H44N6O6/c1-5-45-33-21-31(41-9-13-43-14-10-41)35(47-7-3)19-29(33)39-27-17-26(24-38)28(18-25(27)23-37)40-30-20-36(48-8-4)32(22-34(30)46-6-2)42-11-15-44-16-12-42/h17-22,39-40H,5-16H2,1-4H3. The van der Waals surface area contributed by atoms with Gasteiger partial charge in [0.25, 0.3) is 0 Å². The minimum absolute atomic E-state index is 0.335. The maximum Gasteiger partial charge on any atom is 0.145 e. The summed E-state index contributed by atoms with van der Waals surface area (Å²) in [5, 5.41) is 27.3. The second-order valence-corrected chi connectivity index (χ2v) is 11.0. The van der Waals surface area contributed by atoms with E-state index in [0.717, 1.165) is 37.6 Å².